The lowest BCUT2D eigenvalue weighted by atomic mass is 10.0. The van der Waals surface area contributed by atoms with Crippen LogP contribution in [-0.4, -0.2) is 73.5 Å². The summed E-state index contributed by atoms with van der Waals surface area (Å²) >= 11 is 0. The van der Waals surface area contributed by atoms with Crippen LogP contribution in [0, 0.1) is 0 Å². The molecule has 0 unspecified atom stereocenters. The average molecular weight is 1830 g/mol. The lowest BCUT2D eigenvalue weighted by molar-refractivity contribution is 1.08. The normalized spacial score (nSPS) is 11.6. The topological polar surface area (TPSA) is 169 Å². The fourth-order valence-corrected chi connectivity index (χ4v) is 20.5. The van der Waals surface area contributed by atoms with Gasteiger partial charge in [-0.2, -0.15) is 0 Å². The zero-order valence-electron chi connectivity index (χ0n) is 76.8. The van der Waals surface area contributed by atoms with Gasteiger partial charge in [-0.1, -0.05) is 243 Å². The van der Waals surface area contributed by atoms with Crippen molar-refractivity contribution in [2.75, 3.05) is 0 Å². The third kappa shape index (κ3) is 14.9. The van der Waals surface area contributed by atoms with Gasteiger partial charge in [0.25, 0.3) is 0 Å². The number of hydrogen-bond acceptors (Lipinski definition) is 12. The molecule has 0 amide bonds. The predicted molar refractivity (Wildman–Crippen MR) is 585 cm³/mol. The Morgan fingerprint density at radius 3 is 0.804 bits per heavy atom. The van der Waals surface area contributed by atoms with Crippen molar-refractivity contribution >= 4 is 152 Å². The number of nitrogens with zero attached hydrogens (tertiary/aromatic N) is 15. The van der Waals surface area contributed by atoms with Gasteiger partial charge in [-0.3, -0.25) is 38.6 Å². The molecular formula is C128H79N15. The van der Waals surface area contributed by atoms with Crippen LogP contribution in [-0.2, 0) is 0 Å². The van der Waals surface area contributed by atoms with Crippen LogP contribution < -0.4 is 0 Å². The quantitative estimate of drug-likeness (QED) is 0.114. The number of benzene rings is 14. The Balaban J connectivity index is 0.000000107. The lowest BCUT2D eigenvalue weighted by Crippen LogP contribution is -1.97. The second kappa shape index (κ2) is 34.9. The molecule has 29 rings (SSSR count). The van der Waals surface area contributed by atoms with Crippen molar-refractivity contribution in [3.8, 4) is 119 Å². The largest absolute Gasteiger partial charge is 0.294 e. The summed E-state index contributed by atoms with van der Waals surface area (Å²) in [5.41, 5.74) is 27.9. The van der Waals surface area contributed by atoms with Crippen molar-refractivity contribution in [3.05, 3.63) is 480 Å². The van der Waals surface area contributed by atoms with Crippen LogP contribution >= 0.6 is 0 Å². The Morgan fingerprint density at radius 1 is 0.147 bits per heavy atom. The highest BCUT2D eigenvalue weighted by Gasteiger charge is 2.24. The minimum absolute atomic E-state index is 0.858. The van der Waals surface area contributed by atoms with Crippen molar-refractivity contribution in [1.29, 1.82) is 0 Å². The van der Waals surface area contributed by atoms with Gasteiger partial charge in [0.05, 0.1) is 106 Å². The van der Waals surface area contributed by atoms with Crippen molar-refractivity contribution < 1.29 is 0 Å². The molecular weight excluding hydrogens is 1750 g/mol. The van der Waals surface area contributed by atoms with E-state index in [1.54, 1.807) is 6.20 Å². The minimum atomic E-state index is 0.858. The van der Waals surface area contributed by atoms with Gasteiger partial charge >= 0.3 is 0 Å². The van der Waals surface area contributed by atoms with E-state index in [2.05, 4.69) is 346 Å². The highest BCUT2D eigenvalue weighted by Crippen LogP contribution is 2.45. The molecule has 0 aliphatic carbocycles. The zero-order valence-corrected chi connectivity index (χ0v) is 76.8. The Labute approximate surface area is 819 Å². The summed E-state index contributed by atoms with van der Waals surface area (Å²) in [7, 11) is 0. The molecule has 143 heavy (non-hydrogen) atoms. The van der Waals surface area contributed by atoms with Crippen LogP contribution in [0.2, 0.25) is 0 Å². The van der Waals surface area contributed by atoms with Crippen LogP contribution in [0.25, 0.3) is 271 Å². The fourth-order valence-electron chi connectivity index (χ4n) is 20.5. The monoisotopic (exact) mass is 1830 g/mol. The molecule has 0 fully saturated rings. The standard InChI is InChI=1S/2C44H27N5.C40H25N5/c1-4-10-34-28(7-1)16-23-42-44(34)35-25-31(36-19-15-32(26-45-36)39-20-13-29-8-2-5-11-37(29)47-39)17-22-41(35)49(42)43-24-18-33(27-46-43)40-21-14-30-9-3-6-12-38(30)48-40;1-4-10-34-28(7-1)15-21-41-43(34)36-25-31(37-18-14-33(27-46-37)44-35-11-5-2-8-29(35)23-24-45-44)16-20-40(36)49(41)42-22-17-32(26-47-42)39-19-13-30-9-3-6-12-38(30)48-39;1-3-9-31-26(7-1)14-20-38-40(31)32-23-28(29-13-18-36(42-24-29)35-11-5-6-22-41-35)15-19-37(32)45(38)39-21-16-30(25-43-39)34-17-12-27-8-2-4-10-33(27)44-34/h2*1-27H;1-25H. The fraction of sp³-hybridized carbons (Fsp3) is 0. The smallest absolute Gasteiger partial charge is 0.137 e. The van der Waals surface area contributed by atoms with Crippen LogP contribution in [0.4, 0.5) is 0 Å². The third-order valence-corrected chi connectivity index (χ3v) is 27.6. The highest BCUT2D eigenvalue weighted by molar-refractivity contribution is 6.25. The summed E-state index contributed by atoms with van der Waals surface area (Å²) in [5, 5.41) is 21.2. The first kappa shape index (κ1) is 82.8. The van der Waals surface area contributed by atoms with E-state index in [-0.39, 0.29) is 0 Å². The molecule has 0 saturated heterocycles. The molecule has 0 saturated carbocycles. The molecule has 0 N–H and O–H groups in total. The summed E-state index contributed by atoms with van der Waals surface area (Å²) in [4.78, 5) is 58.2. The Bertz CT molecular complexity index is 10100. The first-order chi connectivity index (χ1) is 70.8. The number of para-hydroxylation sites is 4. The number of hydrogen-bond donors (Lipinski definition) is 0. The Kier molecular flexibility index (Phi) is 20.2. The lowest BCUT2D eigenvalue weighted by Gasteiger charge is -2.09. The number of aromatic nitrogens is 15. The predicted octanol–water partition coefficient (Wildman–Crippen LogP) is 31.3. The third-order valence-electron chi connectivity index (χ3n) is 27.6. The van der Waals surface area contributed by atoms with Crippen LogP contribution in [0.15, 0.2) is 480 Å². The van der Waals surface area contributed by atoms with Crippen molar-refractivity contribution in [1.82, 2.24) is 73.5 Å². The maximum absolute atomic E-state index is 5.00. The van der Waals surface area contributed by atoms with Crippen molar-refractivity contribution in [2.45, 2.75) is 0 Å². The maximum Gasteiger partial charge on any atom is 0.137 e. The van der Waals surface area contributed by atoms with Gasteiger partial charge in [0.15, 0.2) is 0 Å². The molecule has 0 bridgehead atoms. The van der Waals surface area contributed by atoms with Gasteiger partial charge in [0.1, 0.15) is 17.5 Å². The summed E-state index contributed by atoms with van der Waals surface area (Å²) in [6.07, 6.45) is 15.2. The van der Waals surface area contributed by atoms with Crippen molar-refractivity contribution in [2.24, 2.45) is 0 Å². The summed E-state index contributed by atoms with van der Waals surface area (Å²) in [5.74, 6) is 2.58. The molecule has 15 heterocycles. The summed E-state index contributed by atoms with van der Waals surface area (Å²) in [6, 6.07) is 150. The molecule has 15 aromatic heterocycles. The average Bonchev–Trinajstić information content (AvgIpc) is 1.58. The first-order valence-corrected chi connectivity index (χ1v) is 47.7. The second-order valence-corrected chi connectivity index (χ2v) is 35.9. The van der Waals surface area contributed by atoms with Gasteiger partial charge in [-0.05, 0) is 231 Å². The molecule has 666 valence electrons. The summed E-state index contributed by atoms with van der Waals surface area (Å²) in [6.45, 7) is 0. The van der Waals surface area contributed by atoms with Gasteiger partial charge in [-0.15, -0.1) is 0 Å². The number of rotatable bonds is 12. The van der Waals surface area contributed by atoms with Gasteiger partial charge in [-0.25, -0.2) is 34.9 Å². The van der Waals surface area contributed by atoms with E-state index in [1.807, 2.05) is 147 Å². The highest BCUT2D eigenvalue weighted by atomic mass is 15.1. The molecule has 14 aromatic carbocycles. The molecule has 0 spiro atoms. The van der Waals surface area contributed by atoms with Crippen molar-refractivity contribution in [3.63, 3.8) is 0 Å². The number of fused-ring (bicyclic) bond motifs is 20. The maximum atomic E-state index is 5.00. The second-order valence-electron chi connectivity index (χ2n) is 35.9. The SMILES string of the molecule is c1ccc(-c2ccc(-c3ccc4c(c3)c3c5ccccc5ccc3n4-c3ccc(-c4ccc5ccccc5n4)cn3)cn2)nc1.c1ccc2nc(-c3ccc(-c4ccc5c(c4)c4c6ccccc6ccc4n5-c4ccc(-c5ccc6ccccc6n5)cn4)nc3)ccc2c1.c1ccc2nc(-c3ccc(-n4c5ccc(-c6ccc(-c7nccc8ccccc78)cn6)cc5c5c6ccccc6ccc54)nc3)ccc2c1. The van der Waals surface area contributed by atoms with Crippen LogP contribution in [0.3, 0.4) is 0 Å². The summed E-state index contributed by atoms with van der Waals surface area (Å²) < 4.78 is 6.79. The molecule has 0 atom stereocenters. The van der Waals surface area contributed by atoms with E-state index < -0.39 is 0 Å². The van der Waals surface area contributed by atoms with E-state index >= 15 is 0 Å². The van der Waals surface area contributed by atoms with E-state index in [1.165, 1.54) is 59.2 Å². The molecule has 0 radical (unpaired) electrons. The Morgan fingerprint density at radius 2 is 0.434 bits per heavy atom. The van der Waals surface area contributed by atoms with Crippen LogP contribution in [0.1, 0.15) is 0 Å². The van der Waals surface area contributed by atoms with Crippen LogP contribution in [0.5, 0.6) is 0 Å². The van der Waals surface area contributed by atoms with E-state index in [0.717, 1.165) is 212 Å². The van der Waals surface area contributed by atoms with E-state index in [9.17, 15) is 0 Å². The van der Waals surface area contributed by atoms with Gasteiger partial charge < -0.3 is 0 Å². The molecule has 15 heteroatoms. The van der Waals surface area contributed by atoms with E-state index in [0.29, 0.717) is 0 Å². The minimum Gasteiger partial charge on any atom is -0.294 e. The Hall–Kier alpha value is -19.6. The molecule has 0 aliphatic rings. The van der Waals surface area contributed by atoms with Gasteiger partial charge in [0, 0.05) is 153 Å². The first-order valence-electron chi connectivity index (χ1n) is 47.7. The van der Waals surface area contributed by atoms with Gasteiger partial charge in [0.2, 0.25) is 0 Å². The van der Waals surface area contributed by atoms with E-state index in [4.69, 9.17) is 54.8 Å². The molecule has 0 aliphatic heterocycles. The molecule has 29 aromatic rings. The number of pyridine rings is 12. The zero-order chi connectivity index (χ0) is 94.4. The molecule has 15 nitrogen and oxygen atoms in total.